The van der Waals surface area contributed by atoms with Crippen molar-refractivity contribution in [2.75, 3.05) is 0 Å². The molecule has 0 aromatic carbocycles. The molecule has 0 fully saturated rings. The molecule has 2 aliphatic heterocycles. The van der Waals surface area contributed by atoms with E-state index in [4.69, 9.17) is 9.97 Å². The van der Waals surface area contributed by atoms with Crippen LogP contribution in [0.15, 0.2) is 41.5 Å². The minimum atomic E-state index is -0.239. The molecular formula is C33H36N4. The van der Waals surface area contributed by atoms with Crippen LogP contribution in [0.2, 0.25) is 0 Å². The topological polar surface area (TPSA) is 57.4 Å². The van der Waals surface area contributed by atoms with Crippen LogP contribution in [0.4, 0.5) is 0 Å². The molecule has 188 valence electrons. The molecule has 37 heavy (non-hydrogen) atoms. The van der Waals surface area contributed by atoms with E-state index < -0.39 is 0 Å². The Morgan fingerprint density at radius 1 is 0.622 bits per heavy atom. The van der Waals surface area contributed by atoms with Crippen LogP contribution in [0.5, 0.6) is 0 Å². The summed E-state index contributed by atoms with van der Waals surface area (Å²) in [6.07, 6.45) is 3.36. The van der Waals surface area contributed by atoms with Crippen molar-refractivity contribution in [3.8, 4) is 0 Å². The van der Waals surface area contributed by atoms with Gasteiger partial charge in [0.15, 0.2) is 0 Å². The van der Waals surface area contributed by atoms with E-state index in [2.05, 4.69) is 103 Å². The Morgan fingerprint density at radius 2 is 1.08 bits per heavy atom. The summed E-state index contributed by atoms with van der Waals surface area (Å²) < 4.78 is 0. The number of fused-ring (bicyclic) bond motifs is 11. The predicted octanol–water partition coefficient (Wildman–Crippen LogP) is 8.58. The number of nitrogens with one attached hydrogen (secondary N) is 2. The fraction of sp³-hybridized carbons (Fsp3) is 0.333. The second kappa shape index (κ2) is 7.92. The van der Waals surface area contributed by atoms with Gasteiger partial charge >= 0.3 is 0 Å². The number of aromatic amines is 2. The van der Waals surface area contributed by atoms with Gasteiger partial charge in [-0.05, 0) is 132 Å². The van der Waals surface area contributed by atoms with Gasteiger partial charge in [0.1, 0.15) is 0 Å². The average Bonchev–Trinajstić information content (AvgIpc) is 3.48. The van der Waals surface area contributed by atoms with Gasteiger partial charge in [0, 0.05) is 22.1 Å². The predicted molar refractivity (Wildman–Crippen MR) is 156 cm³/mol. The van der Waals surface area contributed by atoms with Crippen molar-refractivity contribution in [1.29, 1.82) is 0 Å². The lowest BCUT2D eigenvalue weighted by Crippen LogP contribution is -2.25. The minimum Gasteiger partial charge on any atom is -0.355 e. The lowest BCUT2D eigenvalue weighted by molar-refractivity contribution is 0.701. The second-order valence-corrected chi connectivity index (χ2v) is 11.3. The number of aryl methyl sites for hydroxylation is 4. The lowest BCUT2D eigenvalue weighted by Gasteiger charge is -2.32. The molecule has 4 heteroatoms. The maximum atomic E-state index is 5.31. The van der Waals surface area contributed by atoms with Crippen LogP contribution in [-0.2, 0) is 5.41 Å². The maximum absolute atomic E-state index is 5.31. The van der Waals surface area contributed by atoms with Gasteiger partial charge in [0.05, 0.1) is 28.2 Å². The number of rotatable bonds is 0. The normalized spacial score (nSPS) is 19.4. The lowest BCUT2D eigenvalue weighted by atomic mass is 9.69. The Morgan fingerprint density at radius 3 is 1.59 bits per heavy atom. The van der Waals surface area contributed by atoms with Gasteiger partial charge in [-0.25, -0.2) is 4.98 Å². The van der Waals surface area contributed by atoms with Crippen LogP contribution >= 0.6 is 0 Å². The summed E-state index contributed by atoms with van der Waals surface area (Å²) in [6, 6.07) is 8.92. The first-order chi connectivity index (χ1) is 17.5. The van der Waals surface area contributed by atoms with Crippen molar-refractivity contribution in [3.63, 3.8) is 0 Å². The molecule has 8 bridgehead atoms. The molecule has 0 radical (unpaired) electrons. The molecule has 3 aromatic rings. The molecule has 1 aliphatic carbocycles. The summed E-state index contributed by atoms with van der Waals surface area (Å²) in [5, 5.41) is 0. The van der Waals surface area contributed by atoms with Crippen molar-refractivity contribution in [2.45, 2.75) is 74.1 Å². The summed E-state index contributed by atoms with van der Waals surface area (Å²) in [6.45, 7) is 20.0. The Bertz CT molecular complexity index is 1780. The van der Waals surface area contributed by atoms with Crippen LogP contribution in [-0.4, -0.2) is 19.9 Å². The number of nitrogens with zero attached hydrogens (tertiary/aromatic N) is 2. The molecule has 0 spiro atoms. The van der Waals surface area contributed by atoms with Gasteiger partial charge in [-0.2, -0.15) is 0 Å². The van der Waals surface area contributed by atoms with E-state index in [0.29, 0.717) is 0 Å². The molecule has 5 heterocycles. The highest BCUT2D eigenvalue weighted by molar-refractivity contribution is 5.92. The molecule has 1 unspecified atom stereocenters. The van der Waals surface area contributed by atoms with Crippen LogP contribution in [0.1, 0.15) is 86.1 Å². The van der Waals surface area contributed by atoms with Gasteiger partial charge in [0.25, 0.3) is 0 Å². The number of aromatic nitrogens is 4. The molecule has 6 rings (SSSR count). The third-order valence-electron chi connectivity index (χ3n) is 9.55. The molecule has 1 atom stereocenters. The third-order valence-corrected chi connectivity index (χ3v) is 9.55. The standard InChI is InChI=1S/C33H36N4/c1-16-10-11-24-31-14-29-20(5)19(4)27(35-29)12-25-17(2)18(3)26(34-25)13-28-21(6)22(7)30(36-28)15-32(37-31)33(24,9)23(16)8/h11-15,35-36H,10H2,1-9H3. The minimum absolute atomic E-state index is 0.239. The average molecular weight is 489 g/mol. The highest BCUT2D eigenvalue weighted by Gasteiger charge is 2.42. The number of hydrogen-bond donors (Lipinski definition) is 2. The third kappa shape index (κ3) is 3.28. The first-order valence-electron chi connectivity index (χ1n) is 13.3. The van der Waals surface area contributed by atoms with E-state index in [-0.39, 0.29) is 5.41 Å². The van der Waals surface area contributed by atoms with Crippen molar-refractivity contribution < 1.29 is 0 Å². The maximum Gasteiger partial charge on any atom is 0.0696 e. The second-order valence-electron chi connectivity index (χ2n) is 11.3. The number of allylic oxidation sites excluding steroid dienone is 6. The SMILES string of the molecule is CC1=C(C)C2(C)C(=CC1)c1cc3[nH]c(cc4nc(cc5[nH]c(cc2n1)c(C)c5C)C(C)=C4C)c(C)c3C. The van der Waals surface area contributed by atoms with Gasteiger partial charge in [-0.3, -0.25) is 4.98 Å². The highest BCUT2D eigenvalue weighted by atomic mass is 14.8. The summed E-state index contributed by atoms with van der Waals surface area (Å²) in [5.41, 5.74) is 20.0. The monoisotopic (exact) mass is 488 g/mol. The molecule has 2 N–H and O–H groups in total. The van der Waals surface area contributed by atoms with Crippen LogP contribution in [0.3, 0.4) is 0 Å². The van der Waals surface area contributed by atoms with Crippen molar-refractivity contribution in [2.24, 2.45) is 0 Å². The van der Waals surface area contributed by atoms with Crippen molar-refractivity contribution in [3.05, 3.63) is 86.5 Å². The molecular weight excluding hydrogens is 452 g/mol. The first-order valence-corrected chi connectivity index (χ1v) is 13.3. The Balaban J connectivity index is 1.81. The van der Waals surface area contributed by atoms with E-state index in [1.165, 1.54) is 50.1 Å². The van der Waals surface area contributed by atoms with Gasteiger partial charge in [-0.1, -0.05) is 17.2 Å². The molecule has 0 saturated heterocycles. The van der Waals surface area contributed by atoms with Gasteiger partial charge in [0.2, 0.25) is 0 Å². The van der Waals surface area contributed by atoms with Gasteiger partial charge in [-0.15, -0.1) is 0 Å². The summed E-state index contributed by atoms with van der Waals surface area (Å²) >= 11 is 0. The van der Waals surface area contributed by atoms with E-state index in [0.717, 1.165) is 51.3 Å². The summed E-state index contributed by atoms with van der Waals surface area (Å²) in [4.78, 5) is 17.8. The smallest absolute Gasteiger partial charge is 0.0696 e. The number of H-pyrrole nitrogens is 2. The highest BCUT2D eigenvalue weighted by Crippen LogP contribution is 2.50. The van der Waals surface area contributed by atoms with Crippen molar-refractivity contribution in [1.82, 2.24) is 19.9 Å². The summed E-state index contributed by atoms with van der Waals surface area (Å²) in [5.74, 6) is 0. The summed E-state index contributed by atoms with van der Waals surface area (Å²) in [7, 11) is 0. The zero-order valence-electron chi connectivity index (χ0n) is 23.5. The Kier molecular flexibility index (Phi) is 5.08. The zero-order valence-corrected chi connectivity index (χ0v) is 23.5. The fourth-order valence-electron chi connectivity index (χ4n) is 6.08. The molecule has 0 saturated carbocycles. The Hall–Kier alpha value is -3.66. The largest absolute Gasteiger partial charge is 0.355 e. The molecule has 3 aromatic heterocycles. The van der Waals surface area contributed by atoms with Crippen LogP contribution in [0, 0.1) is 27.7 Å². The van der Waals surface area contributed by atoms with E-state index in [1.54, 1.807) is 0 Å². The zero-order chi connectivity index (χ0) is 26.4. The van der Waals surface area contributed by atoms with Crippen LogP contribution < -0.4 is 0 Å². The molecule has 4 nitrogen and oxygen atoms in total. The van der Waals surface area contributed by atoms with Crippen molar-refractivity contribution >= 4 is 38.8 Å². The van der Waals surface area contributed by atoms with E-state index >= 15 is 0 Å². The Labute approximate surface area is 219 Å². The number of hydrogen-bond acceptors (Lipinski definition) is 2. The first kappa shape index (κ1) is 23.7. The quantitative estimate of drug-likeness (QED) is 0.311. The van der Waals surface area contributed by atoms with E-state index in [1.807, 2.05) is 0 Å². The molecule has 0 amide bonds. The van der Waals surface area contributed by atoms with Crippen LogP contribution in [0.25, 0.3) is 38.8 Å². The van der Waals surface area contributed by atoms with Gasteiger partial charge < -0.3 is 9.97 Å². The van der Waals surface area contributed by atoms with E-state index in [9.17, 15) is 0 Å². The fourth-order valence-corrected chi connectivity index (χ4v) is 6.08. The molecule has 3 aliphatic rings.